The summed E-state index contributed by atoms with van der Waals surface area (Å²) >= 11 is 0.711. The monoisotopic (exact) mass is 421 g/mol. The van der Waals surface area contributed by atoms with Crippen molar-refractivity contribution in [3.8, 4) is 11.5 Å². The van der Waals surface area contributed by atoms with E-state index in [1.54, 1.807) is 42.5 Å². The maximum absolute atomic E-state index is 13.1. The number of hydrogen-bond acceptors (Lipinski definition) is 5. The van der Waals surface area contributed by atoms with Gasteiger partial charge in [-0.05, 0) is 55.0 Å². The minimum Gasteiger partial charge on any atom is -0.436 e. The largest absolute Gasteiger partial charge is 0.436 e. The molecule has 0 fully saturated rings. The number of benzene rings is 3. The average Bonchev–Trinajstić information content (AvgIpc) is 3.16. The van der Waals surface area contributed by atoms with Gasteiger partial charge in [0.1, 0.15) is 11.3 Å². The van der Waals surface area contributed by atoms with E-state index in [1.807, 2.05) is 19.1 Å². The average molecular weight is 421 g/mol. The molecule has 4 rings (SSSR count). The van der Waals surface area contributed by atoms with Gasteiger partial charge >= 0.3 is 6.03 Å². The van der Waals surface area contributed by atoms with Gasteiger partial charge in [-0.1, -0.05) is 24.3 Å². The first-order valence-corrected chi connectivity index (χ1v) is 9.81. The minimum absolute atomic E-state index is 0.251. The van der Waals surface area contributed by atoms with Crippen molar-refractivity contribution in [3.63, 3.8) is 0 Å². The van der Waals surface area contributed by atoms with E-state index in [-0.39, 0.29) is 10.9 Å². The molecule has 8 heteroatoms. The van der Waals surface area contributed by atoms with Crippen LogP contribution >= 0.6 is 11.9 Å². The second-order valence-electron chi connectivity index (χ2n) is 6.47. The van der Waals surface area contributed by atoms with Crippen molar-refractivity contribution >= 4 is 39.9 Å². The van der Waals surface area contributed by atoms with Crippen molar-refractivity contribution in [2.45, 2.75) is 6.92 Å². The summed E-state index contributed by atoms with van der Waals surface area (Å²) in [5.74, 6) is 0.0112. The van der Waals surface area contributed by atoms with Gasteiger partial charge in [0.15, 0.2) is 5.58 Å². The summed E-state index contributed by atoms with van der Waals surface area (Å²) in [7, 11) is 0. The highest BCUT2D eigenvalue weighted by molar-refractivity contribution is 8.12. The fraction of sp³-hybridized carbons (Fsp3) is 0.0455. The van der Waals surface area contributed by atoms with Gasteiger partial charge in [0, 0.05) is 28.8 Å². The van der Waals surface area contributed by atoms with Crippen LogP contribution in [0.15, 0.2) is 71.1 Å². The lowest BCUT2D eigenvalue weighted by molar-refractivity contribution is 0.108. The summed E-state index contributed by atoms with van der Waals surface area (Å²) in [6.07, 6.45) is 0. The maximum Gasteiger partial charge on any atom is 0.329 e. The smallest absolute Gasteiger partial charge is 0.329 e. The molecule has 3 aromatic carbocycles. The second kappa shape index (κ2) is 8.38. The molecule has 0 bridgehead atoms. The topological polar surface area (TPSA) is 84.2 Å². The molecule has 4 aromatic rings. The zero-order chi connectivity index (χ0) is 21.1. The number of amides is 2. The SMILES string of the molecule is Cc1ccccc1C(=O)SNC(=O)Nc1ccc2oc(-c3ccc(F)cc3)nc2c1. The lowest BCUT2D eigenvalue weighted by Crippen LogP contribution is -2.24. The summed E-state index contributed by atoms with van der Waals surface area (Å²) in [6, 6.07) is 17.4. The van der Waals surface area contributed by atoms with E-state index in [9.17, 15) is 14.0 Å². The zero-order valence-electron chi connectivity index (χ0n) is 15.8. The van der Waals surface area contributed by atoms with Crippen LogP contribution in [-0.4, -0.2) is 16.1 Å². The van der Waals surface area contributed by atoms with Gasteiger partial charge in [-0.15, -0.1) is 0 Å². The summed E-state index contributed by atoms with van der Waals surface area (Å²) in [5, 5.41) is 2.41. The molecule has 0 radical (unpaired) electrons. The number of carbonyl (C=O) groups is 2. The van der Waals surface area contributed by atoms with Gasteiger partial charge in [-0.3, -0.25) is 9.52 Å². The van der Waals surface area contributed by atoms with Crippen LogP contribution in [-0.2, 0) is 0 Å². The van der Waals surface area contributed by atoms with Crippen molar-refractivity contribution in [2.24, 2.45) is 0 Å². The van der Waals surface area contributed by atoms with E-state index in [0.717, 1.165) is 5.56 Å². The van der Waals surface area contributed by atoms with Crippen LogP contribution in [0.4, 0.5) is 14.9 Å². The number of nitrogens with zero attached hydrogens (tertiary/aromatic N) is 1. The Bertz CT molecular complexity index is 1240. The molecule has 0 aliphatic rings. The number of oxazole rings is 1. The van der Waals surface area contributed by atoms with E-state index >= 15 is 0 Å². The van der Waals surface area contributed by atoms with Crippen molar-refractivity contribution in [3.05, 3.63) is 83.7 Å². The van der Waals surface area contributed by atoms with Gasteiger partial charge in [0.25, 0.3) is 0 Å². The number of urea groups is 1. The Kier molecular flexibility index (Phi) is 5.49. The van der Waals surface area contributed by atoms with Gasteiger partial charge < -0.3 is 9.73 Å². The number of carbonyl (C=O) groups excluding carboxylic acids is 2. The molecule has 1 heterocycles. The molecule has 0 saturated heterocycles. The first-order valence-electron chi connectivity index (χ1n) is 9.00. The molecule has 1 aromatic heterocycles. The lowest BCUT2D eigenvalue weighted by atomic mass is 10.1. The van der Waals surface area contributed by atoms with Gasteiger partial charge in [0.05, 0.1) is 0 Å². The first kappa shape index (κ1) is 19.7. The molecular weight excluding hydrogens is 405 g/mol. The number of rotatable bonds is 3. The molecule has 0 atom stereocenters. The Balaban J connectivity index is 1.42. The van der Waals surface area contributed by atoms with E-state index in [0.29, 0.717) is 45.8 Å². The van der Waals surface area contributed by atoms with Gasteiger partial charge in [0.2, 0.25) is 11.0 Å². The standard InChI is InChI=1S/C22H16FN3O3S/c1-13-4-2-3-5-17(13)21(27)30-26-22(28)24-16-10-11-19-18(12-16)25-20(29-19)14-6-8-15(23)9-7-14/h2-12H,1H3,(H2,24,26,28). The summed E-state index contributed by atoms with van der Waals surface area (Å²) < 4.78 is 21.3. The minimum atomic E-state index is -0.538. The molecule has 0 aliphatic carbocycles. The quantitative estimate of drug-likeness (QED) is 0.424. The summed E-state index contributed by atoms with van der Waals surface area (Å²) in [4.78, 5) is 28.8. The van der Waals surface area contributed by atoms with Crippen LogP contribution in [0.2, 0.25) is 0 Å². The number of aryl methyl sites for hydroxylation is 1. The maximum atomic E-state index is 13.1. The van der Waals surface area contributed by atoms with Crippen LogP contribution in [0, 0.1) is 12.7 Å². The van der Waals surface area contributed by atoms with Gasteiger partial charge in [-0.2, -0.15) is 0 Å². The van der Waals surface area contributed by atoms with Crippen LogP contribution in [0.1, 0.15) is 15.9 Å². The lowest BCUT2D eigenvalue weighted by Gasteiger charge is -2.07. The number of hydrogen-bond donors (Lipinski definition) is 2. The predicted molar refractivity (Wildman–Crippen MR) is 115 cm³/mol. The summed E-state index contributed by atoms with van der Waals surface area (Å²) in [5.41, 5.74) is 3.58. The molecule has 0 aliphatic heterocycles. The Morgan fingerprint density at radius 2 is 1.80 bits per heavy atom. The Morgan fingerprint density at radius 3 is 2.57 bits per heavy atom. The Morgan fingerprint density at radius 1 is 1.03 bits per heavy atom. The van der Waals surface area contributed by atoms with Gasteiger partial charge in [-0.25, -0.2) is 14.2 Å². The number of fused-ring (bicyclic) bond motifs is 1. The van der Waals surface area contributed by atoms with E-state index < -0.39 is 6.03 Å². The zero-order valence-corrected chi connectivity index (χ0v) is 16.6. The molecule has 6 nitrogen and oxygen atoms in total. The predicted octanol–water partition coefficient (Wildman–Crippen LogP) is 5.55. The summed E-state index contributed by atoms with van der Waals surface area (Å²) in [6.45, 7) is 1.83. The fourth-order valence-electron chi connectivity index (χ4n) is 2.83. The molecule has 0 unspecified atom stereocenters. The molecule has 0 saturated carbocycles. The Hall–Kier alpha value is -3.65. The van der Waals surface area contributed by atoms with E-state index in [1.165, 1.54) is 12.1 Å². The normalized spacial score (nSPS) is 10.7. The Labute approximate surface area is 175 Å². The number of nitrogens with one attached hydrogen (secondary N) is 2. The molecule has 2 N–H and O–H groups in total. The van der Waals surface area contributed by atoms with Crippen LogP contribution in [0.3, 0.4) is 0 Å². The molecule has 0 spiro atoms. The number of aromatic nitrogens is 1. The molecule has 150 valence electrons. The van der Waals surface area contributed by atoms with Crippen molar-refractivity contribution < 1.29 is 18.4 Å². The number of anilines is 1. The van der Waals surface area contributed by atoms with Crippen molar-refractivity contribution in [1.29, 1.82) is 0 Å². The van der Waals surface area contributed by atoms with Crippen LogP contribution in [0.5, 0.6) is 0 Å². The van der Waals surface area contributed by atoms with Crippen molar-refractivity contribution in [1.82, 2.24) is 9.71 Å². The third kappa shape index (κ3) is 4.33. The van der Waals surface area contributed by atoms with Crippen LogP contribution < -0.4 is 10.0 Å². The first-order chi connectivity index (χ1) is 14.5. The fourth-order valence-corrected chi connectivity index (χ4v) is 3.40. The highest BCUT2D eigenvalue weighted by Crippen LogP contribution is 2.26. The molecular formula is C22H16FN3O3S. The molecule has 2 amide bonds. The van der Waals surface area contributed by atoms with Crippen LogP contribution in [0.25, 0.3) is 22.6 Å². The number of halogens is 1. The van der Waals surface area contributed by atoms with Crippen molar-refractivity contribution in [2.75, 3.05) is 5.32 Å². The second-order valence-corrected chi connectivity index (χ2v) is 7.25. The third-order valence-corrected chi connectivity index (χ3v) is 5.03. The van der Waals surface area contributed by atoms with E-state index in [2.05, 4.69) is 15.0 Å². The highest BCUT2D eigenvalue weighted by atomic mass is 32.2. The highest BCUT2D eigenvalue weighted by Gasteiger charge is 2.13. The van der Waals surface area contributed by atoms with E-state index in [4.69, 9.17) is 4.42 Å². The third-order valence-electron chi connectivity index (χ3n) is 4.34. The molecule has 30 heavy (non-hydrogen) atoms.